The van der Waals surface area contributed by atoms with Crippen LogP contribution >= 0.6 is 34.8 Å². The smallest absolute Gasteiger partial charge is 0.366 e. The van der Waals surface area contributed by atoms with Gasteiger partial charge in [0, 0.05) is 34.6 Å². The first kappa shape index (κ1) is 59.0. The molecule has 26 heteroatoms. The van der Waals surface area contributed by atoms with E-state index in [0.29, 0.717) is 0 Å². The van der Waals surface area contributed by atoms with Crippen LogP contribution in [-0.2, 0) is 85.6 Å². The number of nitrogens with one attached hydrogen (secondary N) is 2. The largest absolute Gasteiger partial charge is 0.465 e. The highest BCUT2D eigenvalue weighted by Gasteiger charge is 2.64. The van der Waals surface area contributed by atoms with Crippen LogP contribution in [0.5, 0.6) is 0 Å². The zero-order valence-corrected chi connectivity index (χ0v) is 43.0. The van der Waals surface area contributed by atoms with Crippen molar-refractivity contribution < 1.29 is 100.0 Å². The molecule has 6 unspecified atom stereocenters. The molecular weight excluding hydrogens is 1060 g/mol. The first-order chi connectivity index (χ1) is 35.4. The summed E-state index contributed by atoms with van der Waals surface area (Å²) in [7, 11) is 0.863. The van der Waals surface area contributed by atoms with E-state index in [-0.39, 0.29) is 16.7 Å². The summed E-state index contributed by atoms with van der Waals surface area (Å²) >= 11 is 18.3. The highest BCUT2D eigenvalue weighted by atomic mass is 35.6. The van der Waals surface area contributed by atoms with E-state index >= 15 is 0 Å². The van der Waals surface area contributed by atoms with Gasteiger partial charge in [0.1, 0.15) is 37.6 Å². The quantitative estimate of drug-likeness (QED) is 0.0556. The Balaban J connectivity index is 1.83. The molecule has 2 fully saturated rings. The van der Waals surface area contributed by atoms with Crippen LogP contribution < -0.4 is 5.32 Å². The number of esters is 8. The maximum absolute atomic E-state index is 14.8. The van der Waals surface area contributed by atoms with Crippen LogP contribution in [0, 0.1) is 5.41 Å². The van der Waals surface area contributed by atoms with Gasteiger partial charge in [0.2, 0.25) is 18.1 Å². The van der Waals surface area contributed by atoms with Crippen molar-refractivity contribution >= 4 is 94.4 Å². The van der Waals surface area contributed by atoms with E-state index in [1.54, 1.807) is 30.3 Å². The standard InChI is InChI=1S/C49H51Cl3N2O21/c1-25(55)54-36-33(67-27(3)57)22-48(47(63)64-6,74-39(36)37(69-29(5)59)34(68-28(4)58)23-65-26(2)56)75-40-38(71-43(61)31-18-12-8-13-19-31)35(24-66-42(60)30-16-10-7-11-17-30)70-45(73-46(53)49(50,51)52)41(40)72-44(62)32-20-14-9-15-21-32/h7-21,33-41,45,53H,22-24H2,1-6H3,(H,54,55)/t33?,34?,35?,36-,37-,38+,39?,40?,41?,45-,48+/m1/s1. The normalized spacial score (nSPS) is 24.0. The highest BCUT2D eigenvalue weighted by molar-refractivity contribution is 6.76. The molecule has 0 saturated carbocycles. The van der Waals surface area contributed by atoms with Crippen molar-refractivity contribution in [2.45, 2.75) is 112 Å². The highest BCUT2D eigenvalue weighted by Crippen LogP contribution is 2.42. The van der Waals surface area contributed by atoms with Crippen molar-refractivity contribution in [2.75, 3.05) is 20.3 Å². The molecule has 2 heterocycles. The Morgan fingerprint density at radius 1 is 0.667 bits per heavy atom. The molecule has 75 heavy (non-hydrogen) atoms. The van der Waals surface area contributed by atoms with Crippen LogP contribution in [0.2, 0.25) is 0 Å². The van der Waals surface area contributed by atoms with Gasteiger partial charge < -0.3 is 62.2 Å². The first-order valence-corrected chi connectivity index (χ1v) is 23.6. The second kappa shape index (κ2) is 26.5. The summed E-state index contributed by atoms with van der Waals surface area (Å²) in [4.78, 5) is 121. The van der Waals surface area contributed by atoms with Gasteiger partial charge in [-0.3, -0.25) is 29.4 Å². The fourth-order valence-electron chi connectivity index (χ4n) is 7.78. The summed E-state index contributed by atoms with van der Waals surface area (Å²) < 4.78 is 67.8. The molecule has 3 aromatic carbocycles. The first-order valence-electron chi connectivity index (χ1n) is 22.5. The number of halogens is 3. The number of amides is 1. The molecule has 2 N–H and O–H groups in total. The Bertz CT molecular complexity index is 2550. The van der Waals surface area contributed by atoms with E-state index < -0.39 is 150 Å². The maximum atomic E-state index is 14.8. The molecule has 404 valence electrons. The van der Waals surface area contributed by atoms with Crippen molar-refractivity contribution in [1.82, 2.24) is 5.32 Å². The van der Waals surface area contributed by atoms with Crippen LogP contribution in [0.1, 0.15) is 72.1 Å². The zero-order valence-electron chi connectivity index (χ0n) is 40.8. The third-order valence-corrected chi connectivity index (χ3v) is 11.3. The van der Waals surface area contributed by atoms with E-state index in [2.05, 4.69) is 5.32 Å². The molecule has 3 aromatic rings. The van der Waals surface area contributed by atoms with Gasteiger partial charge in [-0.05, 0) is 36.4 Å². The van der Waals surface area contributed by atoms with E-state index in [0.717, 1.165) is 41.7 Å². The molecule has 0 spiro atoms. The molecule has 11 atom stereocenters. The van der Waals surface area contributed by atoms with Crippen LogP contribution in [0.4, 0.5) is 0 Å². The zero-order chi connectivity index (χ0) is 55.2. The van der Waals surface area contributed by atoms with Gasteiger partial charge in [-0.1, -0.05) is 89.4 Å². The number of methoxy groups -OCH3 is 1. The summed E-state index contributed by atoms with van der Waals surface area (Å²) in [5.74, 6) is -13.9. The lowest BCUT2D eigenvalue weighted by molar-refractivity contribution is -0.364. The van der Waals surface area contributed by atoms with Gasteiger partial charge in [0.25, 0.3) is 9.58 Å². The average Bonchev–Trinajstić information content (AvgIpc) is 3.36. The molecule has 2 aliphatic heterocycles. The minimum atomic E-state index is -3.13. The minimum absolute atomic E-state index is 0.0408. The topological polar surface area (TPSA) is 300 Å². The van der Waals surface area contributed by atoms with Crippen molar-refractivity contribution in [1.29, 1.82) is 5.41 Å². The van der Waals surface area contributed by atoms with Gasteiger partial charge in [0.15, 0.2) is 24.4 Å². The molecule has 2 saturated heterocycles. The Hall–Kier alpha value is -6.89. The van der Waals surface area contributed by atoms with Crippen molar-refractivity contribution in [3.05, 3.63) is 108 Å². The number of rotatable bonds is 19. The number of carbonyl (C=O) groups excluding carboxylic acids is 9. The van der Waals surface area contributed by atoms with E-state index in [1.165, 1.54) is 60.7 Å². The van der Waals surface area contributed by atoms with Gasteiger partial charge in [-0.2, -0.15) is 0 Å². The predicted molar refractivity (Wildman–Crippen MR) is 256 cm³/mol. The number of ether oxygens (including phenoxy) is 12. The fraction of sp³-hybridized carbons (Fsp3) is 0.429. The summed E-state index contributed by atoms with van der Waals surface area (Å²) in [6.07, 6.45) is -19.4. The van der Waals surface area contributed by atoms with Crippen molar-refractivity contribution in [3.63, 3.8) is 0 Å². The summed E-state index contributed by atoms with van der Waals surface area (Å²) in [6, 6.07) is 20.3. The molecule has 1 amide bonds. The fourth-order valence-corrected chi connectivity index (χ4v) is 7.91. The van der Waals surface area contributed by atoms with Crippen molar-refractivity contribution in [3.8, 4) is 0 Å². The van der Waals surface area contributed by atoms with E-state index in [1.807, 2.05) is 0 Å². The SMILES string of the molecule is COC(=O)[C@@]1(OC2C(OC(=O)c3ccccc3)[C@@H](OC(=N)C(Cl)(Cl)Cl)OC(COC(=O)c3ccccc3)[C@@H]2OC(=O)c2ccccc2)CC(OC(C)=O)[C@@H](NC(C)=O)C([C@H](OC(C)=O)C(COC(C)=O)OC(C)=O)O1. The Morgan fingerprint density at radius 2 is 1.19 bits per heavy atom. The number of benzene rings is 3. The number of alkyl halides is 3. The third kappa shape index (κ3) is 16.3. The van der Waals surface area contributed by atoms with Crippen molar-refractivity contribution in [2.24, 2.45) is 0 Å². The van der Waals surface area contributed by atoms with Crippen LogP contribution in [0.25, 0.3) is 0 Å². The number of carbonyl (C=O) groups is 9. The van der Waals surface area contributed by atoms with E-state index in [9.17, 15) is 43.2 Å². The summed E-state index contributed by atoms with van der Waals surface area (Å²) in [6.45, 7) is 3.15. The van der Waals surface area contributed by atoms with Gasteiger partial charge in [0.05, 0.1) is 36.3 Å². The van der Waals surface area contributed by atoms with Gasteiger partial charge >= 0.3 is 47.8 Å². The number of hydrogen-bond donors (Lipinski definition) is 2. The monoisotopic (exact) mass is 1110 g/mol. The van der Waals surface area contributed by atoms with Gasteiger partial charge in [-0.25, -0.2) is 19.2 Å². The minimum Gasteiger partial charge on any atom is -0.465 e. The lowest BCUT2D eigenvalue weighted by Gasteiger charge is -2.51. The molecule has 5 rings (SSSR count). The Kier molecular flexibility index (Phi) is 20.9. The Labute approximate surface area is 443 Å². The lowest BCUT2D eigenvalue weighted by Crippen LogP contribution is -2.72. The second-order valence-corrected chi connectivity index (χ2v) is 18.7. The molecule has 2 aliphatic rings. The second-order valence-electron chi connectivity index (χ2n) is 16.4. The summed E-state index contributed by atoms with van der Waals surface area (Å²) in [5.41, 5.74) is -0.177. The van der Waals surface area contributed by atoms with E-state index in [4.69, 9.17) is 97.1 Å². The predicted octanol–water partition coefficient (Wildman–Crippen LogP) is 4.29. The molecule has 23 nitrogen and oxygen atoms in total. The lowest BCUT2D eigenvalue weighted by atomic mass is 9.87. The molecule has 0 bridgehead atoms. The maximum Gasteiger partial charge on any atom is 0.366 e. The van der Waals surface area contributed by atoms with Crippen LogP contribution in [0.15, 0.2) is 91.0 Å². The average molecular weight is 1110 g/mol. The Morgan fingerprint density at radius 3 is 1.65 bits per heavy atom. The number of hydrogen-bond acceptors (Lipinski definition) is 22. The van der Waals surface area contributed by atoms with Gasteiger partial charge in [-0.15, -0.1) is 0 Å². The summed E-state index contributed by atoms with van der Waals surface area (Å²) in [5, 5.41) is 11.1. The van der Waals surface area contributed by atoms with Crippen LogP contribution in [0.3, 0.4) is 0 Å². The molecule has 0 aromatic heterocycles. The third-order valence-electron chi connectivity index (χ3n) is 10.8. The molecule has 0 aliphatic carbocycles. The molecule has 0 radical (unpaired) electrons. The molecular formula is C49H51Cl3N2O21. The van der Waals surface area contributed by atoms with Crippen LogP contribution in [-0.4, -0.2) is 151 Å².